The van der Waals surface area contributed by atoms with Crippen molar-refractivity contribution in [3.05, 3.63) is 42.6 Å². The minimum Gasteiger partial charge on any atom is -0.467 e. The molecule has 2 aliphatic rings. The number of piperidine rings is 1. The van der Waals surface area contributed by atoms with Crippen molar-refractivity contribution in [3.8, 4) is 0 Å². The van der Waals surface area contributed by atoms with E-state index in [1.54, 1.807) is 18.7 Å². The van der Waals surface area contributed by atoms with Crippen LogP contribution in [0.2, 0.25) is 0 Å². The molecule has 0 bridgehead atoms. The fraction of sp³-hybridized carbons (Fsp3) is 0.500. The number of hydrogen-bond donors (Lipinski definition) is 1. The summed E-state index contributed by atoms with van der Waals surface area (Å²) in [5.74, 6) is 1.60. The first-order chi connectivity index (χ1) is 12.3. The maximum atomic E-state index is 12.7. The fourth-order valence-electron chi connectivity index (χ4n) is 3.26. The predicted molar refractivity (Wildman–Crippen MR) is 93.1 cm³/mol. The number of aromatic nitrogens is 2. The van der Waals surface area contributed by atoms with Crippen LogP contribution in [-0.4, -0.2) is 46.1 Å². The van der Waals surface area contributed by atoms with Crippen LogP contribution in [0.1, 0.15) is 31.4 Å². The van der Waals surface area contributed by atoms with Gasteiger partial charge in [-0.05, 0) is 43.9 Å². The molecule has 4 rings (SSSR count). The summed E-state index contributed by atoms with van der Waals surface area (Å²) in [7, 11) is 0. The van der Waals surface area contributed by atoms with Crippen molar-refractivity contribution in [3.63, 3.8) is 0 Å². The van der Waals surface area contributed by atoms with Gasteiger partial charge in [0, 0.05) is 37.6 Å². The van der Waals surface area contributed by atoms with Gasteiger partial charge in [0.1, 0.15) is 5.76 Å². The molecule has 25 heavy (non-hydrogen) atoms. The highest BCUT2D eigenvalue weighted by Crippen LogP contribution is 2.28. The Bertz CT molecular complexity index is 679. The van der Waals surface area contributed by atoms with Crippen molar-refractivity contribution >= 4 is 12.0 Å². The summed E-state index contributed by atoms with van der Waals surface area (Å²) in [5, 5.41) is 3.20. The Morgan fingerprint density at radius 2 is 1.96 bits per heavy atom. The largest absolute Gasteiger partial charge is 0.467 e. The fourth-order valence-corrected chi connectivity index (χ4v) is 3.26. The Balaban J connectivity index is 1.30. The zero-order chi connectivity index (χ0) is 17.1. The number of furan rings is 1. The Morgan fingerprint density at radius 3 is 2.60 bits per heavy atom. The lowest BCUT2D eigenvalue weighted by atomic mass is 10.1. The molecule has 2 fully saturated rings. The predicted octanol–water partition coefficient (Wildman–Crippen LogP) is 2.41. The lowest BCUT2D eigenvalue weighted by Gasteiger charge is -2.33. The van der Waals surface area contributed by atoms with Crippen LogP contribution in [0.15, 0.2) is 41.3 Å². The van der Waals surface area contributed by atoms with E-state index in [0.29, 0.717) is 12.6 Å². The second kappa shape index (κ2) is 7.13. The molecular weight excluding hydrogens is 318 g/mol. The van der Waals surface area contributed by atoms with Crippen molar-refractivity contribution in [2.45, 2.75) is 44.3 Å². The minimum absolute atomic E-state index is 0.0216. The van der Waals surface area contributed by atoms with Gasteiger partial charge in [0.25, 0.3) is 0 Å². The van der Waals surface area contributed by atoms with Crippen molar-refractivity contribution in [2.24, 2.45) is 0 Å². The zero-order valence-electron chi connectivity index (χ0n) is 14.2. The standard InChI is InChI=1S/C18H23N5O2/c24-18(23(15-4-5-15)13-16-3-1-12-25-16)21-14-6-10-22(11-7-14)17-19-8-2-9-20-17/h1-3,8-9,12,14-15H,4-7,10-11,13H2,(H,21,24). The summed E-state index contributed by atoms with van der Waals surface area (Å²) >= 11 is 0. The molecule has 1 aliphatic heterocycles. The number of carbonyl (C=O) groups excluding carboxylic acids is 1. The molecule has 1 N–H and O–H groups in total. The number of nitrogens with zero attached hydrogens (tertiary/aromatic N) is 4. The van der Waals surface area contributed by atoms with Gasteiger partial charge in [0.15, 0.2) is 0 Å². The average Bonchev–Trinajstić information content (AvgIpc) is 3.36. The third-order valence-electron chi connectivity index (χ3n) is 4.81. The van der Waals surface area contributed by atoms with Crippen LogP contribution in [0.5, 0.6) is 0 Å². The van der Waals surface area contributed by atoms with Crippen LogP contribution < -0.4 is 10.2 Å². The molecule has 2 aromatic rings. The number of nitrogens with one attached hydrogen (secondary N) is 1. The van der Waals surface area contributed by atoms with E-state index in [0.717, 1.165) is 50.5 Å². The van der Waals surface area contributed by atoms with Crippen LogP contribution >= 0.6 is 0 Å². The summed E-state index contributed by atoms with van der Waals surface area (Å²) in [5.41, 5.74) is 0. The first kappa shape index (κ1) is 15.9. The van der Waals surface area contributed by atoms with Crippen LogP contribution in [0.3, 0.4) is 0 Å². The van der Waals surface area contributed by atoms with Gasteiger partial charge in [0.05, 0.1) is 12.8 Å². The van der Waals surface area contributed by atoms with Crippen LogP contribution in [0, 0.1) is 0 Å². The monoisotopic (exact) mass is 341 g/mol. The first-order valence-electron chi connectivity index (χ1n) is 8.91. The molecule has 0 aromatic carbocycles. The van der Waals surface area contributed by atoms with E-state index in [-0.39, 0.29) is 12.1 Å². The molecule has 1 saturated carbocycles. The number of anilines is 1. The van der Waals surface area contributed by atoms with Gasteiger partial charge in [-0.3, -0.25) is 0 Å². The Morgan fingerprint density at radius 1 is 1.20 bits per heavy atom. The molecule has 7 nitrogen and oxygen atoms in total. The smallest absolute Gasteiger partial charge is 0.318 e. The SMILES string of the molecule is O=C(NC1CCN(c2ncccn2)CC1)N(Cc1ccco1)C1CC1. The topological polar surface area (TPSA) is 74.5 Å². The average molecular weight is 341 g/mol. The quantitative estimate of drug-likeness (QED) is 0.904. The number of rotatable bonds is 5. The van der Waals surface area contributed by atoms with E-state index >= 15 is 0 Å². The van der Waals surface area contributed by atoms with Crippen LogP contribution in [-0.2, 0) is 6.54 Å². The maximum Gasteiger partial charge on any atom is 0.318 e. The third kappa shape index (κ3) is 3.92. The molecule has 0 unspecified atom stereocenters. The summed E-state index contributed by atoms with van der Waals surface area (Å²) in [6.45, 7) is 2.26. The van der Waals surface area contributed by atoms with Gasteiger partial charge in [-0.1, -0.05) is 0 Å². The summed E-state index contributed by atoms with van der Waals surface area (Å²) < 4.78 is 5.40. The highest BCUT2D eigenvalue weighted by molar-refractivity contribution is 5.75. The molecule has 2 aromatic heterocycles. The van der Waals surface area contributed by atoms with Crippen molar-refractivity contribution < 1.29 is 9.21 Å². The van der Waals surface area contributed by atoms with E-state index < -0.39 is 0 Å². The Labute approximate surface area is 147 Å². The van der Waals surface area contributed by atoms with Gasteiger partial charge in [-0.2, -0.15) is 0 Å². The van der Waals surface area contributed by atoms with Gasteiger partial charge in [0.2, 0.25) is 5.95 Å². The molecule has 2 amide bonds. The number of carbonyl (C=O) groups is 1. The van der Waals surface area contributed by atoms with E-state index in [1.807, 2.05) is 23.1 Å². The van der Waals surface area contributed by atoms with E-state index in [4.69, 9.17) is 4.42 Å². The van der Waals surface area contributed by atoms with E-state index in [2.05, 4.69) is 20.2 Å². The number of urea groups is 1. The summed E-state index contributed by atoms with van der Waals surface area (Å²) in [6.07, 6.45) is 9.15. The highest BCUT2D eigenvalue weighted by atomic mass is 16.3. The van der Waals surface area contributed by atoms with Crippen LogP contribution in [0.4, 0.5) is 10.7 Å². The molecule has 132 valence electrons. The van der Waals surface area contributed by atoms with Gasteiger partial charge < -0.3 is 19.5 Å². The zero-order valence-corrected chi connectivity index (χ0v) is 14.2. The first-order valence-corrected chi connectivity index (χ1v) is 8.91. The second-order valence-corrected chi connectivity index (χ2v) is 6.70. The summed E-state index contributed by atoms with van der Waals surface area (Å²) in [6, 6.07) is 6.17. The molecular formula is C18H23N5O2. The Kier molecular flexibility index (Phi) is 4.54. The lowest BCUT2D eigenvalue weighted by molar-refractivity contribution is 0.181. The molecule has 3 heterocycles. The number of hydrogen-bond acceptors (Lipinski definition) is 5. The maximum absolute atomic E-state index is 12.7. The second-order valence-electron chi connectivity index (χ2n) is 6.70. The van der Waals surface area contributed by atoms with Crippen molar-refractivity contribution in [1.82, 2.24) is 20.2 Å². The normalized spacial score (nSPS) is 18.2. The third-order valence-corrected chi connectivity index (χ3v) is 4.81. The lowest BCUT2D eigenvalue weighted by Crippen LogP contribution is -2.49. The molecule has 1 saturated heterocycles. The van der Waals surface area contributed by atoms with Gasteiger partial charge in [-0.25, -0.2) is 14.8 Å². The number of amides is 2. The molecule has 0 spiro atoms. The summed E-state index contributed by atoms with van der Waals surface area (Å²) in [4.78, 5) is 25.4. The molecule has 0 radical (unpaired) electrons. The van der Waals surface area contributed by atoms with Gasteiger partial charge in [-0.15, -0.1) is 0 Å². The van der Waals surface area contributed by atoms with Crippen LogP contribution in [0.25, 0.3) is 0 Å². The molecule has 0 atom stereocenters. The van der Waals surface area contributed by atoms with E-state index in [1.165, 1.54) is 0 Å². The van der Waals surface area contributed by atoms with Crippen molar-refractivity contribution in [1.29, 1.82) is 0 Å². The van der Waals surface area contributed by atoms with Crippen molar-refractivity contribution in [2.75, 3.05) is 18.0 Å². The highest BCUT2D eigenvalue weighted by Gasteiger charge is 2.34. The van der Waals surface area contributed by atoms with Gasteiger partial charge >= 0.3 is 6.03 Å². The Hall–Kier alpha value is -2.57. The minimum atomic E-state index is 0.0216. The molecule has 7 heteroatoms. The molecule has 1 aliphatic carbocycles. The van der Waals surface area contributed by atoms with E-state index in [9.17, 15) is 4.79 Å².